The minimum Gasteiger partial charge on any atom is -0.360 e. The first-order valence-electron chi connectivity index (χ1n) is 6.29. The molecule has 0 spiro atoms. The number of nitrogens with zero attached hydrogens (tertiary/aromatic N) is 3. The van der Waals surface area contributed by atoms with E-state index in [1.54, 1.807) is 11.3 Å². The molecule has 0 fully saturated rings. The second kappa shape index (κ2) is 5.32. The van der Waals surface area contributed by atoms with Crippen molar-refractivity contribution in [2.45, 2.75) is 13.3 Å². The highest BCUT2D eigenvalue weighted by Crippen LogP contribution is 2.27. The molecule has 0 atom stereocenters. The third-order valence-electron chi connectivity index (χ3n) is 2.79. The van der Waals surface area contributed by atoms with Gasteiger partial charge in [-0.2, -0.15) is 0 Å². The van der Waals surface area contributed by atoms with Gasteiger partial charge in [-0.15, -0.1) is 10.2 Å². The number of fused-ring (bicyclic) bond motifs is 1. The lowest BCUT2D eigenvalue weighted by Gasteiger charge is -1.99. The summed E-state index contributed by atoms with van der Waals surface area (Å²) in [5.74, 6) is 0. The Labute approximate surface area is 115 Å². The van der Waals surface area contributed by atoms with E-state index in [2.05, 4.69) is 39.6 Å². The van der Waals surface area contributed by atoms with Gasteiger partial charge >= 0.3 is 0 Å². The Hall–Kier alpha value is -2.01. The predicted molar refractivity (Wildman–Crippen MR) is 79.4 cm³/mol. The number of hydrogen-bond donors (Lipinski definition) is 1. The molecule has 0 bridgehead atoms. The second-order valence-electron chi connectivity index (χ2n) is 4.26. The van der Waals surface area contributed by atoms with Gasteiger partial charge in [0.25, 0.3) is 0 Å². The summed E-state index contributed by atoms with van der Waals surface area (Å²) < 4.78 is 0. The maximum Gasteiger partial charge on any atom is 0.206 e. The fourth-order valence-corrected chi connectivity index (χ4v) is 2.58. The summed E-state index contributed by atoms with van der Waals surface area (Å²) in [6, 6.07) is 10.2. The molecular weight excluding hydrogens is 256 g/mol. The molecule has 0 saturated carbocycles. The molecule has 1 aromatic carbocycles. The molecule has 0 aliphatic rings. The molecule has 0 unspecified atom stereocenters. The molecule has 2 aromatic heterocycles. The number of anilines is 1. The number of rotatable bonds is 4. The lowest BCUT2D eigenvalue weighted by atomic mass is 10.2. The van der Waals surface area contributed by atoms with Gasteiger partial charge in [0.2, 0.25) is 5.13 Å². The summed E-state index contributed by atoms with van der Waals surface area (Å²) in [5.41, 5.74) is 2.01. The van der Waals surface area contributed by atoms with Gasteiger partial charge in [-0.25, -0.2) is 0 Å². The molecule has 4 nitrogen and oxygen atoms in total. The largest absolute Gasteiger partial charge is 0.360 e. The van der Waals surface area contributed by atoms with Crippen LogP contribution in [0, 0.1) is 0 Å². The molecule has 19 heavy (non-hydrogen) atoms. The summed E-state index contributed by atoms with van der Waals surface area (Å²) in [6.45, 7) is 3.05. The Bertz CT molecular complexity index is 692. The van der Waals surface area contributed by atoms with Crippen LogP contribution in [0.3, 0.4) is 0 Å². The van der Waals surface area contributed by atoms with Crippen molar-refractivity contribution in [2.75, 3.05) is 11.9 Å². The third kappa shape index (κ3) is 2.56. The van der Waals surface area contributed by atoms with E-state index in [1.807, 2.05) is 24.4 Å². The third-order valence-corrected chi connectivity index (χ3v) is 3.72. The van der Waals surface area contributed by atoms with Crippen LogP contribution in [0.1, 0.15) is 13.3 Å². The van der Waals surface area contributed by atoms with Crippen LogP contribution >= 0.6 is 11.3 Å². The van der Waals surface area contributed by atoms with E-state index >= 15 is 0 Å². The number of nitrogens with one attached hydrogen (secondary N) is 1. The molecule has 0 aliphatic carbocycles. The van der Waals surface area contributed by atoms with E-state index in [-0.39, 0.29) is 0 Å². The average molecular weight is 270 g/mol. The number of aromatic nitrogens is 3. The summed E-state index contributed by atoms with van der Waals surface area (Å²) in [7, 11) is 0. The predicted octanol–water partition coefficient (Wildman–Crippen LogP) is 3.58. The molecule has 2 heterocycles. The van der Waals surface area contributed by atoms with Crippen LogP contribution in [0.25, 0.3) is 21.5 Å². The van der Waals surface area contributed by atoms with Crippen LogP contribution in [-0.4, -0.2) is 21.7 Å². The van der Waals surface area contributed by atoms with E-state index in [4.69, 9.17) is 0 Å². The van der Waals surface area contributed by atoms with Gasteiger partial charge in [-0.1, -0.05) is 36.5 Å². The van der Waals surface area contributed by atoms with Gasteiger partial charge in [0.1, 0.15) is 0 Å². The topological polar surface area (TPSA) is 50.7 Å². The minimum atomic E-state index is 0.866. The Morgan fingerprint density at radius 2 is 2.11 bits per heavy atom. The van der Waals surface area contributed by atoms with Gasteiger partial charge in [0.05, 0.1) is 5.52 Å². The van der Waals surface area contributed by atoms with Crippen LogP contribution in [0.2, 0.25) is 0 Å². The second-order valence-corrected chi connectivity index (χ2v) is 5.23. The SMILES string of the molecule is CCCNc1nnc(-c2cnc3ccccc3c2)s1. The molecule has 0 amide bonds. The fraction of sp³-hybridized carbons (Fsp3) is 0.214. The molecule has 3 rings (SSSR count). The number of pyridine rings is 1. The van der Waals surface area contributed by atoms with Gasteiger partial charge in [0, 0.05) is 23.7 Å². The molecule has 0 radical (unpaired) electrons. The quantitative estimate of drug-likeness (QED) is 0.787. The Morgan fingerprint density at radius 1 is 1.21 bits per heavy atom. The van der Waals surface area contributed by atoms with Crippen molar-refractivity contribution in [2.24, 2.45) is 0 Å². The van der Waals surface area contributed by atoms with Crippen molar-refractivity contribution >= 4 is 27.4 Å². The zero-order valence-electron chi connectivity index (χ0n) is 10.6. The Balaban J connectivity index is 1.92. The van der Waals surface area contributed by atoms with Gasteiger partial charge < -0.3 is 5.32 Å². The van der Waals surface area contributed by atoms with Gasteiger partial charge in [-0.3, -0.25) is 4.98 Å². The first kappa shape index (κ1) is 12.0. The van der Waals surface area contributed by atoms with Crippen LogP contribution < -0.4 is 5.32 Å². The number of hydrogen-bond acceptors (Lipinski definition) is 5. The van der Waals surface area contributed by atoms with Crippen LogP contribution in [-0.2, 0) is 0 Å². The smallest absolute Gasteiger partial charge is 0.206 e. The zero-order chi connectivity index (χ0) is 13.1. The lowest BCUT2D eigenvalue weighted by Crippen LogP contribution is -1.98. The van der Waals surface area contributed by atoms with E-state index in [1.165, 1.54) is 0 Å². The van der Waals surface area contributed by atoms with Crippen molar-refractivity contribution in [3.05, 3.63) is 36.5 Å². The van der Waals surface area contributed by atoms with Crippen molar-refractivity contribution in [3.63, 3.8) is 0 Å². The van der Waals surface area contributed by atoms with Crippen molar-refractivity contribution in [3.8, 4) is 10.6 Å². The lowest BCUT2D eigenvalue weighted by molar-refractivity contribution is 0.964. The highest BCUT2D eigenvalue weighted by atomic mass is 32.1. The molecule has 5 heteroatoms. The van der Waals surface area contributed by atoms with E-state index in [0.717, 1.165) is 39.6 Å². The summed E-state index contributed by atoms with van der Waals surface area (Å²) in [6.07, 6.45) is 2.93. The minimum absolute atomic E-state index is 0.866. The molecule has 1 N–H and O–H groups in total. The van der Waals surface area contributed by atoms with Gasteiger partial charge in [-0.05, 0) is 18.6 Å². The number of benzene rings is 1. The molecule has 0 aliphatic heterocycles. The van der Waals surface area contributed by atoms with Crippen LogP contribution in [0.4, 0.5) is 5.13 Å². The monoisotopic (exact) mass is 270 g/mol. The Morgan fingerprint density at radius 3 is 3.00 bits per heavy atom. The number of para-hydroxylation sites is 1. The molecular formula is C14H14N4S. The zero-order valence-corrected chi connectivity index (χ0v) is 11.4. The van der Waals surface area contributed by atoms with Crippen molar-refractivity contribution in [1.29, 1.82) is 0 Å². The summed E-state index contributed by atoms with van der Waals surface area (Å²) in [5, 5.41) is 14.5. The maximum absolute atomic E-state index is 4.45. The van der Waals surface area contributed by atoms with E-state index < -0.39 is 0 Å². The van der Waals surface area contributed by atoms with Crippen LogP contribution in [0.15, 0.2) is 36.5 Å². The van der Waals surface area contributed by atoms with Crippen molar-refractivity contribution < 1.29 is 0 Å². The fourth-order valence-electron chi connectivity index (χ4n) is 1.83. The molecule has 96 valence electrons. The maximum atomic E-state index is 4.45. The highest BCUT2D eigenvalue weighted by molar-refractivity contribution is 7.18. The van der Waals surface area contributed by atoms with Crippen molar-refractivity contribution in [1.82, 2.24) is 15.2 Å². The standard InChI is InChI=1S/C14H14N4S/c1-2-7-15-14-18-17-13(19-14)11-8-10-5-3-4-6-12(10)16-9-11/h3-6,8-9H,2,7H2,1H3,(H,15,18). The summed E-state index contributed by atoms with van der Waals surface area (Å²) >= 11 is 1.56. The van der Waals surface area contributed by atoms with E-state index in [9.17, 15) is 0 Å². The first-order chi connectivity index (χ1) is 9.36. The summed E-state index contributed by atoms with van der Waals surface area (Å²) in [4.78, 5) is 4.45. The Kier molecular flexibility index (Phi) is 3.37. The van der Waals surface area contributed by atoms with Gasteiger partial charge in [0.15, 0.2) is 5.01 Å². The molecule has 0 saturated heterocycles. The molecule has 3 aromatic rings. The highest BCUT2D eigenvalue weighted by Gasteiger charge is 2.07. The first-order valence-corrected chi connectivity index (χ1v) is 7.11. The van der Waals surface area contributed by atoms with Crippen LogP contribution in [0.5, 0.6) is 0 Å². The normalized spacial score (nSPS) is 10.8. The van der Waals surface area contributed by atoms with E-state index in [0.29, 0.717) is 0 Å². The average Bonchev–Trinajstić information content (AvgIpc) is 2.93.